The Bertz CT molecular complexity index is 1900. The second-order valence-electron chi connectivity index (χ2n) is 13.6. The maximum absolute atomic E-state index is 11.2. The highest BCUT2D eigenvalue weighted by Gasteiger charge is 2.44. The van der Waals surface area contributed by atoms with Crippen molar-refractivity contribution in [2.45, 2.75) is 33.1 Å². The molecular weight excluding hydrogens is 616 g/mol. The maximum atomic E-state index is 11.2. The molecular formula is C41H40BrN2O+. The van der Waals surface area contributed by atoms with Crippen LogP contribution in [0.1, 0.15) is 38.8 Å². The van der Waals surface area contributed by atoms with Gasteiger partial charge in [-0.25, -0.2) is 0 Å². The number of allylic oxidation sites excluding steroid dienone is 9. The highest BCUT2D eigenvalue weighted by molar-refractivity contribution is 9.10. The zero-order valence-corrected chi connectivity index (χ0v) is 28.0. The Balaban J connectivity index is 1.44. The quantitative estimate of drug-likeness (QED) is 0.256. The van der Waals surface area contributed by atoms with Crippen LogP contribution < -0.4 is 4.90 Å². The van der Waals surface area contributed by atoms with Gasteiger partial charge in [0.15, 0.2) is 18.0 Å². The number of fused-ring (bicyclic) bond motifs is 3. The standard InChI is InChI=1S/C41H39BrN2O/c1-40(2)36(43(27-38(40)45)25-28-11-5-6-12-28)23-32(30-17-20-33(42)21-18-30)24-37-41(3,4)39-34-16-10-9-15-31(34)19-22-35(39)44(37)26-29-13-7-8-14-29/h5-24,27-29H,25-26H2,1-4H3/p+1. The number of rotatable bonds is 7. The van der Waals surface area contributed by atoms with Gasteiger partial charge in [0.1, 0.15) is 5.41 Å². The molecule has 0 spiro atoms. The SMILES string of the molecule is CC1(C)C(O)=C[N+](CC2C=CC=C2)=C1/C=C(/C=C1/N(CC2C=CC=C2)c2ccc3ccccc3c2C1(C)C)c1ccc(Br)cc1. The van der Waals surface area contributed by atoms with Crippen LogP contribution in [-0.4, -0.2) is 28.5 Å². The molecule has 2 heterocycles. The predicted octanol–water partition coefficient (Wildman–Crippen LogP) is 10.0. The Labute approximate surface area is 275 Å². The molecule has 0 bridgehead atoms. The summed E-state index contributed by atoms with van der Waals surface area (Å²) in [5, 5.41) is 13.7. The maximum Gasteiger partial charge on any atom is 0.208 e. The van der Waals surface area contributed by atoms with Crippen molar-refractivity contribution in [3.8, 4) is 0 Å². The fraction of sp³-hybridized carbons (Fsp3) is 0.244. The summed E-state index contributed by atoms with van der Waals surface area (Å²) in [6, 6.07) is 21.9. The molecule has 0 radical (unpaired) electrons. The smallest absolute Gasteiger partial charge is 0.208 e. The lowest BCUT2D eigenvalue weighted by Gasteiger charge is -2.29. The van der Waals surface area contributed by atoms with Crippen LogP contribution in [0.2, 0.25) is 0 Å². The largest absolute Gasteiger partial charge is 0.506 e. The van der Waals surface area contributed by atoms with Crippen LogP contribution in [-0.2, 0) is 5.41 Å². The van der Waals surface area contributed by atoms with Gasteiger partial charge in [-0.1, -0.05) is 121 Å². The third-order valence-corrected chi connectivity index (χ3v) is 10.4. The number of halogens is 1. The molecule has 4 aliphatic rings. The van der Waals surface area contributed by atoms with Gasteiger partial charge < -0.3 is 10.0 Å². The van der Waals surface area contributed by atoms with Gasteiger partial charge in [0.05, 0.1) is 5.92 Å². The van der Waals surface area contributed by atoms with Crippen molar-refractivity contribution in [3.63, 3.8) is 0 Å². The van der Waals surface area contributed by atoms with Crippen molar-refractivity contribution in [2.24, 2.45) is 17.3 Å². The molecule has 3 nitrogen and oxygen atoms in total. The van der Waals surface area contributed by atoms with E-state index in [9.17, 15) is 5.11 Å². The summed E-state index contributed by atoms with van der Waals surface area (Å²) in [6.07, 6.45) is 24.2. The van der Waals surface area contributed by atoms with Gasteiger partial charge in [-0.2, -0.15) is 4.58 Å². The third kappa shape index (κ3) is 5.29. The molecule has 2 aliphatic carbocycles. The van der Waals surface area contributed by atoms with Crippen molar-refractivity contribution in [2.75, 3.05) is 18.0 Å². The van der Waals surface area contributed by atoms with Crippen molar-refractivity contribution < 1.29 is 9.68 Å². The summed E-state index contributed by atoms with van der Waals surface area (Å²) in [4.78, 5) is 2.55. The Morgan fingerprint density at radius 3 is 2.22 bits per heavy atom. The number of aliphatic hydroxyl groups excluding tert-OH is 1. The van der Waals surface area contributed by atoms with Crippen LogP contribution in [0.3, 0.4) is 0 Å². The Morgan fingerprint density at radius 2 is 1.51 bits per heavy atom. The van der Waals surface area contributed by atoms with E-state index in [0.717, 1.165) is 34.4 Å². The summed E-state index contributed by atoms with van der Waals surface area (Å²) in [7, 11) is 0. The Hall–Kier alpha value is -4.15. The van der Waals surface area contributed by atoms with E-state index < -0.39 is 5.41 Å². The summed E-state index contributed by atoms with van der Waals surface area (Å²) in [6.45, 7) is 10.6. The fourth-order valence-corrected chi connectivity index (χ4v) is 7.52. The zero-order valence-electron chi connectivity index (χ0n) is 26.4. The highest BCUT2D eigenvalue weighted by atomic mass is 79.9. The van der Waals surface area contributed by atoms with Crippen molar-refractivity contribution in [1.82, 2.24) is 0 Å². The fourth-order valence-electron chi connectivity index (χ4n) is 7.26. The van der Waals surface area contributed by atoms with Gasteiger partial charge in [-0.05, 0) is 65.6 Å². The minimum atomic E-state index is -0.519. The first-order valence-corrected chi connectivity index (χ1v) is 16.7. The van der Waals surface area contributed by atoms with Gasteiger partial charge in [-0.3, -0.25) is 0 Å². The minimum absolute atomic E-state index is 0.244. The molecule has 226 valence electrons. The molecule has 0 saturated heterocycles. The van der Waals surface area contributed by atoms with Gasteiger partial charge in [-0.15, -0.1) is 0 Å². The Kier molecular flexibility index (Phi) is 7.44. The topological polar surface area (TPSA) is 26.5 Å². The molecule has 45 heavy (non-hydrogen) atoms. The van der Waals surface area contributed by atoms with Crippen LogP contribution in [0.15, 0.2) is 144 Å². The first kappa shape index (κ1) is 29.6. The molecule has 1 N–H and O–H groups in total. The molecule has 0 unspecified atom stereocenters. The number of anilines is 1. The molecule has 7 rings (SSSR count). The highest BCUT2D eigenvalue weighted by Crippen LogP contribution is 2.52. The van der Waals surface area contributed by atoms with Crippen LogP contribution in [0.4, 0.5) is 5.69 Å². The van der Waals surface area contributed by atoms with Crippen LogP contribution in [0.5, 0.6) is 0 Å². The lowest BCUT2D eigenvalue weighted by molar-refractivity contribution is -0.459. The molecule has 0 fully saturated rings. The van der Waals surface area contributed by atoms with E-state index in [4.69, 9.17) is 0 Å². The molecule has 3 aromatic carbocycles. The normalized spacial score (nSPS) is 21.3. The molecule has 4 heteroatoms. The minimum Gasteiger partial charge on any atom is -0.506 e. The summed E-state index contributed by atoms with van der Waals surface area (Å²) >= 11 is 3.65. The van der Waals surface area contributed by atoms with E-state index in [-0.39, 0.29) is 5.41 Å². The van der Waals surface area contributed by atoms with E-state index in [1.807, 2.05) is 6.20 Å². The molecule has 0 atom stereocenters. The molecule has 3 aromatic rings. The first-order chi connectivity index (χ1) is 21.6. The van der Waals surface area contributed by atoms with E-state index in [1.165, 1.54) is 27.7 Å². The van der Waals surface area contributed by atoms with E-state index >= 15 is 0 Å². The number of benzene rings is 3. The van der Waals surface area contributed by atoms with E-state index in [0.29, 0.717) is 17.6 Å². The summed E-state index contributed by atoms with van der Waals surface area (Å²) < 4.78 is 3.29. The summed E-state index contributed by atoms with van der Waals surface area (Å²) in [5.41, 5.74) is 6.53. The van der Waals surface area contributed by atoms with Crippen molar-refractivity contribution >= 4 is 43.7 Å². The molecule has 0 saturated carbocycles. The van der Waals surface area contributed by atoms with Crippen molar-refractivity contribution in [1.29, 1.82) is 0 Å². The van der Waals surface area contributed by atoms with Crippen LogP contribution in [0, 0.1) is 17.3 Å². The molecule has 0 aromatic heterocycles. The number of aliphatic hydroxyl groups is 1. The van der Waals surface area contributed by atoms with Gasteiger partial charge in [0.25, 0.3) is 0 Å². The molecule has 2 aliphatic heterocycles. The van der Waals surface area contributed by atoms with Crippen LogP contribution in [0.25, 0.3) is 16.3 Å². The second kappa shape index (κ2) is 11.3. The lowest BCUT2D eigenvalue weighted by Crippen LogP contribution is -2.30. The average molecular weight is 657 g/mol. The second-order valence-corrected chi connectivity index (χ2v) is 14.5. The van der Waals surface area contributed by atoms with E-state index in [2.05, 4.69) is 175 Å². The molecule has 0 amide bonds. The predicted molar refractivity (Wildman–Crippen MR) is 193 cm³/mol. The third-order valence-electron chi connectivity index (χ3n) is 9.84. The monoisotopic (exact) mass is 655 g/mol. The first-order valence-electron chi connectivity index (χ1n) is 15.9. The number of hydrogen-bond acceptors (Lipinski definition) is 2. The van der Waals surface area contributed by atoms with Crippen molar-refractivity contribution in [3.05, 3.63) is 155 Å². The van der Waals surface area contributed by atoms with Gasteiger partial charge in [0.2, 0.25) is 6.20 Å². The van der Waals surface area contributed by atoms with Crippen LogP contribution >= 0.6 is 15.9 Å². The van der Waals surface area contributed by atoms with E-state index in [1.54, 1.807) is 0 Å². The van der Waals surface area contributed by atoms with Gasteiger partial charge >= 0.3 is 0 Å². The summed E-state index contributed by atoms with van der Waals surface area (Å²) in [5.74, 6) is 1.04. The zero-order chi connectivity index (χ0) is 31.3. The Morgan fingerprint density at radius 1 is 0.844 bits per heavy atom. The average Bonchev–Trinajstić information content (AvgIpc) is 3.80. The number of hydrogen-bond donors (Lipinski definition) is 1. The lowest BCUT2D eigenvalue weighted by atomic mass is 9.80. The van der Waals surface area contributed by atoms with Gasteiger partial charge in [0, 0.05) is 39.8 Å². The number of nitrogens with zero attached hydrogens (tertiary/aromatic N) is 2.